The van der Waals surface area contributed by atoms with Crippen LogP contribution in [0.1, 0.15) is 23.7 Å². The number of carbonyl (C=O) groups excluding carboxylic acids is 4. The van der Waals surface area contributed by atoms with Gasteiger partial charge in [0.25, 0.3) is 5.91 Å². The normalized spacial score (nSPS) is 25.5. The van der Waals surface area contributed by atoms with Gasteiger partial charge in [-0.1, -0.05) is 29.8 Å². The zero-order chi connectivity index (χ0) is 22.4. The highest BCUT2D eigenvalue weighted by atomic mass is 16.5. The summed E-state index contributed by atoms with van der Waals surface area (Å²) in [5, 5.41) is 2.64. The molecule has 7 nitrogen and oxygen atoms in total. The van der Waals surface area contributed by atoms with Gasteiger partial charge in [0, 0.05) is 5.69 Å². The second kappa shape index (κ2) is 7.75. The van der Waals surface area contributed by atoms with E-state index in [1.807, 2.05) is 13.0 Å². The monoisotopic (exact) mass is 430 g/mol. The Morgan fingerprint density at radius 2 is 1.69 bits per heavy atom. The fourth-order valence-electron chi connectivity index (χ4n) is 5.21. The molecule has 2 aromatic carbocycles. The molecule has 5 rings (SSSR count). The van der Waals surface area contributed by atoms with Crippen molar-refractivity contribution in [2.45, 2.75) is 13.3 Å². The molecule has 2 bridgehead atoms. The van der Waals surface area contributed by atoms with E-state index in [1.165, 1.54) is 22.6 Å². The summed E-state index contributed by atoms with van der Waals surface area (Å²) < 4.78 is 5.07. The molecule has 4 atom stereocenters. The van der Waals surface area contributed by atoms with Crippen LogP contribution >= 0.6 is 0 Å². The third kappa shape index (κ3) is 3.30. The lowest BCUT2D eigenvalue weighted by atomic mass is 9.82. The first-order chi connectivity index (χ1) is 15.4. The predicted molar refractivity (Wildman–Crippen MR) is 117 cm³/mol. The Hall–Kier alpha value is -3.74. The Morgan fingerprint density at radius 1 is 1.00 bits per heavy atom. The van der Waals surface area contributed by atoms with Crippen molar-refractivity contribution in [2.75, 3.05) is 16.8 Å². The van der Waals surface area contributed by atoms with Crippen molar-refractivity contribution in [3.63, 3.8) is 0 Å². The number of para-hydroxylation sites is 1. The number of hydrogen-bond acceptors (Lipinski definition) is 5. The van der Waals surface area contributed by atoms with Gasteiger partial charge in [-0.25, -0.2) is 4.79 Å². The SMILES string of the molecule is CC1=C[C@H]2C[C@H]1[C@H]1C(=O)N(c3ccc(C(=O)OCC(=O)Nc4ccccc4)cc3)C(=O)[C@@H]12. The molecule has 1 aliphatic heterocycles. The molecule has 162 valence electrons. The fraction of sp³-hybridized carbons (Fsp3) is 0.280. The molecule has 0 radical (unpaired) electrons. The van der Waals surface area contributed by atoms with E-state index in [4.69, 9.17) is 4.74 Å². The molecule has 1 saturated carbocycles. The van der Waals surface area contributed by atoms with Crippen LogP contribution in [-0.4, -0.2) is 30.3 Å². The highest BCUT2D eigenvalue weighted by Gasteiger charge is 2.60. The van der Waals surface area contributed by atoms with E-state index in [-0.39, 0.29) is 41.0 Å². The summed E-state index contributed by atoms with van der Waals surface area (Å²) >= 11 is 0. The van der Waals surface area contributed by atoms with Crippen LogP contribution in [-0.2, 0) is 19.1 Å². The molecule has 3 amide bonds. The topological polar surface area (TPSA) is 92.8 Å². The average molecular weight is 430 g/mol. The third-order valence-corrected chi connectivity index (χ3v) is 6.63. The van der Waals surface area contributed by atoms with E-state index in [2.05, 4.69) is 11.4 Å². The average Bonchev–Trinajstić information content (AvgIpc) is 3.43. The van der Waals surface area contributed by atoms with Crippen molar-refractivity contribution < 1.29 is 23.9 Å². The van der Waals surface area contributed by atoms with Crippen LogP contribution in [0.2, 0.25) is 0 Å². The standard InChI is InChI=1S/C25H22N2O5/c1-14-11-16-12-19(14)22-21(16)23(29)27(24(22)30)18-9-7-15(8-10-18)25(31)32-13-20(28)26-17-5-3-2-4-6-17/h2-11,16,19,21-22H,12-13H2,1H3,(H,26,28)/t16-,19+,21+,22+/m0/s1. The number of rotatable bonds is 5. The van der Waals surface area contributed by atoms with E-state index in [0.717, 1.165) is 6.42 Å². The fourth-order valence-corrected chi connectivity index (χ4v) is 5.21. The van der Waals surface area contributed by atoms with Crippen LogP contribution in [0.4, 0.5) is 11.4 Å². The molecular formula is C25H22N2O5. The molecule has 2 aromatic rings. The quantitative estimate of drug-likeness (QED) is 0.447. The number of nitrogens with zero attached hydrogens (tertiary/aromatic N) is 1. The maximum atomic E-state index is 13.0. The van der Waals surface area contributed by atoms with Crippen molar-refractivity contribution in [1.82, 2.24) is 0 Å². The Balaban J connectivity index is 1.22. The zero-order valence-corrected chi connectivity index (χ0v) is 17.5. The smallest absolute Gasteiger partial charge is 0.338 e. The predicted octanol–water partition coefficient (Wildman–Crippen LogP) is 3.18. The van der Waals surface area contributed by atoms with Gasteiger partial charge in [0.2, 0.25) is 11.8 Å². The highest BCUT2D eigenvalue weighted by Crippen LogP contribution is 2.55. The van der Waals surface area contributed by atoms with Gasteiger partial charge in [-0.2, -0.15) is 0 Å². The molecule has 0 aromatic heterocycles. The van der Waals surface area contributed by atoms with Gasteiger partial charge >= 0.3 is 5.97 Å². The largest absolute Gasteiger partial charge is 0.452 e. The van der Waals surface area contributed by atoms with Gasteiger partial charge in [-0.3, -0.25) is 19.3 Å². The highest BCUT2D eigenvalue weighted by molar-refractivity contribution is 6.23. The maximum Gasteiger partial charge on any atom is 0.338 e. The van der Waals surface area contributed by atoms with Crippen LogP contribution in [0.3, 0.4) is 0 Å². The first-order valence-corrected chi connectivity index (χ1v) is 10.6. The summed E-state index contributed by atoms with van der Waals surface area (Å²) in [6.45, 7) is 1.61. The van der Waals surface area contributed by atoms with Gasteiger partial charge in [0.1, 0.15) is 0 Å². The van der Waals surface area contributed by atoms with Crippen LogP contribution < -0.4 is 10.2 Å². The molecule has 2 aliphatic carbocycles. The van der Waals surface area contributed by atoms with E-state index in [0.29, 0.717) is 11.4 Å². The number of hydrogen-bond donors (Lipinski definition) is 1. The van der Waals surface area contributed by atoms with Gasteiger partial charge in [-0.15, -0.1) is 0 Å². The Labute approximate surface area is 185 Å². The lowest BCUT2D eigenvalue weighted by Gasteiger charge is -2.19. The summed E-state index contributed by atoms with van der Waals surface area (Å²) in [7, 11) is 0. The number of esters is 1. The molecule has 1 N–H and O–H groups in total. The van der Waals surface area contributed by atoms with Gasteiger partial charge in [-0.05, 0) is 61.6 Å². The number of benzene rings is 2. The minimum atomic E-state index is -0.659. The lowest BCUT2D eigenvalue weighted by molar-refractivity contribution is -0.123. The molecule has 32 heavy (non-hydrogen) atoms. The number of anilines is 2. The first kappa shape index (κ1) is 20.2. The van der Waals surface area contributed by atoms with Crippen molar-refractivity contribution >= 4 is 35.1 Å². The van der Waals surface area contributed by atoms with Crippen molar-refractivity contribution in [3.05, 3.63) is 71.8 Å². The number of fused-ring (bicyclic) bond motifs is 5. The van der Waals surface area contributed by atoms with E-state index in [9.17, 15) is 19.2 Å². The Kier molecular flexibility index (Phi) is 4.89. The van der Waals surface area contributed by atoms with Gasteiger partial charge < -0.3 is 10.1 Å². The molecular weight excluding hydrogens is 408 g/mol. The number of imide groups is 1. The summed E-state index contributed by atoms with van der Waals surface area (Å²) in [6.07, 6.45) is 3.02. The Morgan fingerprint density at radius 3 is 2.41 bits per heavy atom. The number of carbonyl (C=O) groups is 4. The van der Waals surface area contributed by atoms with Crippen LogP contribution in [0.25, 0.3) is 0 Å². The third-order valence-electron chi connectivity index (χ3n) is 6.63. The minimum absolute atomic E-state index is 0.141. The number of ether oxygens (including phenoxy) is 1. The number of amides is 3. The molecule has 7 heteroatoms. The molecule has 1 heterocycles. The minimum Gasteiger partial charge on any atom is -0.452 e. The second-order valence-electron chi connectivity index (χ2n) is 8.52. The van der Waals surface area contributed by atoms with E-state index >= 15 is 0 Å². The van der Waals surface area contributed by atoms with Crippen LogP contribution in [0, 0.1) is 23.7 Å². The summed E-state index contributed by atoms with van der Waals surface area (Å²) in [5.41, 5.74) is 2.50. The molecule has 0 unspecified atom stereocenters. The van der Waals surface area contributed by atoms with Gasteiger partial charge in [0.05, 0.1) is 23.1 Å². The van der Waals surface area contributed by atoms with Crippen LogP contribution in [0.5, 0.6) is 0 Å². The summed E-state index contributed by atoms with van der Waals surface area (Å²) in [6, 6.07) is 15.0. The van der Waals surface area contributed by atoms with Crippen molar-refractivity contribution in [2.24, 2.45) is 23.7 Å². The van der Waals surface area contributed by atoms with Crippen LogP contribution in [0.15, 0.2) is 66.2 Å². The van der Waals surface area contributed by atoms with E-state index < -0.39 is 18.5 Å². The van der Waals surface area contributed by atoms with Crippen molar-refractivity contribution in [3.8, 4) is 0 Å². The summed E-state index contributed by atoms with van der Waals surface area (Å²) in [5.74, 6) is -1.68. The lowest BCUT2D eigenvalue weighted by Crippen LogP contribution is -2.33. The summed E-state index contributed by atoms with van der Waals surface area (Å²) in [4.78, 5) is 51.5. The molecule has 0 spiro atoms. The maximum absolute atomic E-state index is 13.0. The molecule has 1 saturated heterocycles. The van der Waals surface area contributed by atoms with Crippen molar-refractivity contribution in [1.29, 1.82) is 0 Å². The Bertz CT molecular complexity index is 1140. The second-order valence-corrected chi connectivity index (χ2v) is 8.52. The van der Waals surface area contributed by atoms with Gasteiger partial charge in [0.15, 0.2) is 6.61 Å². The number of allylic oxidation sites excluding steroid dienone is 2. The molecule has 2 fully saturated rings. The zero-order valence-electron chi connectivity index (χ0n) is 17.5. The number of nitrogens with one attached hydrogen (secondary N) is 1. The van der Waals surface area contributed by atoms with E-state index in [1.54, 1.807) is 36.4 Å². The molecule has 3 aliphatic rings. The first-order valence-electron chi connectivity index (χ1n) is 10.6.